The van der Waals surface area contributed by atoms with E-state index in [1.807, 2.05) is 6.92 Å². The van der Waals surface area contributed by atoms with Crippen molar-refractivity contribution < 1.29 is 4.74 Å². The number of aromatic nitrogens is 2. The van der Waals surface area contributed by atoms with E-state index in [0.717, 1.165) is 5.56 Å². The van der Waals surface area contributed by atoms with Crippen LogP contribution in [0.25, 0.3) is 0 Å². The maximum atomic E-state index is 6.20. The molecular weight excluding hydrogens is 313 g/mol. The number of nitrogens with zero attached hydrogens (tertiary/aromatic N) is 2. The zero-order chi connectivity index (χ0) is 15.4. The van der Waals surface area contributed by atoms with Crippen molar-refractivity contribution in [1.29, 1.82) is 0 Å². The summed E-state index contributed by atoms with van der Waals surface area (Å²) in [6.45, 7) is 2.16. The first kappa shape index (κ1) is 15.8. The van der Waals surface area contributed by atoms with Gasteiger partial charge in [-0.1, -0.05) is 23.2 Å². The first-order valence-corrected chi connectivity index (χ1v) is 6.85. The Hall–Kier alpha value is -1.60. The van der Waals surface area contributed by atoms with Crippen LogP contribution < -0.4 is 16.6 Å². The molecule has 0 saturated carbocycles. The van der Waals surface area contributed by atoms with Gasteiger partial charge in [0.1, 0.15) is 18.2 Å². The van der Waals surface area contributed by atoms with Gasteiger partial charge in [-0.25, -0.2) is 15.8 Å². The average Bonchev–Trinajstić information content (AvgIpc) is 2.45. The molecule has 0 bridgehead atoms. The summed E-state index contributed by atoms with van der Waals surface area (Å²) >= 11 is 12.3. The van der Waals surface area contributed by atoms with Crippen molar-refractivity contribution in [2.75, 3.05) is 17.9 Å². The Labute approximate surface area is 132 Å². The van der Waals surface area contributed by atoms with Crippen LogP contribution in [0.5, 0.6) is 0 Å². The summed E-state index contributed by atoms with van der Waals surface area (Å²) in [4.78, 5) is 8.48. The topological polar surface area (TPSA) is 85.1 Å². The van der Waals surface area contributed by atoms with E-state index in [-0.39, 0.29) is 6.61 Å². The van der Waals surface area contributed by atoms with E-state index >= 15 is 0 Å². The number of nitrogens with two attached hydrogens (primary N) is 1. The van der Waals surface area contributed by atoms with Crippen LogP contribution in [0.4, 0.5) is 17.3 Å². The quantitative estimate of drug-likeness (QED) is 0.577. The lowest BCUT2D eigenvalue weighted by molar-refractivity contribution is 0.178. The lowest BCUT2D eigenvalue weighted by Gasteiger charge is -2.12. The molecule has 0 radical (unpaired) electrons. The van der Waals surface area contributed by atoms with E-state index in [4.69, 9.17) is 33.8 Å². The number of nitrogens with one attached hydrogen (secondary N) is 2. The van der Waals surface area contributed by atoms with Crippen molar-refractivity contribution in [2.24, 2.45) is 5.84 Å². The monoisotopic (exact) mass is 327 g/mol. The lowest BCUT2D eigenvalue weighted by atomic mass is 10.2. The number of benzene rings is 1. The summed E-state index contributed by atoms with van der Waals surface area (Å²) < 4.78 is 5.02. The van der Waals surface area contributed by atoms with Crippen LogP contribution in [0.3, 0.4) is 0 Å². The van der Waals surface area contributed by atoms with E-state index < -0.39 is 0 Å². The molecule has 0 saturated heterocycles. The van der Waals surface area contributed by atoms with Gasteiger partial charge >= 0.3 is 0 Å². The summed E-state index contributed by atoms with van der Waals surface area (Å²) in [6.07, 6.45) is 0. The number of hydrogen-bond donors (Lipinski definition) is 3. The Balaban J connectivity index is 2.34. The molecule has 6 nitrogen and oxygen atoms in total. The van der Waals surface area contributed by atoms with Gasteiger partial charge in [0.25, 0.3) is 0 Å². The first-order chi connectivity index (χ1) is 10.0. The van der Waals surface area contributed by atoms with Gasteiger partial charge < -0.3 is 15.5 Å². The molecule has 0 aliphatic carbocycles. The molecule has 0 aliphatic heterocycles. The van der Waals surface area contributed by atoms with Gasteiger partial charge in [-0.15, -0.1) is 0 Å². The van der Waals surface area contributed by atoms with E-state index in [1.165, 1.54) is 0 Å². The highest BCUT2D eigenvalue weighted by Gasteiger charge is 2.08. The Kier molecular flexibility index (Phi) is 5.19. The number of methoxy groups -OCH3 is 1. The zero-order valence-corrected chi connectivity index (χ0v) is 13.1. The summed E-state index contributed by atoms with van der Waals surface area (Å²) in [5.74, 6) is 6.89. The van der Waals surface area contributed by atoms with Crippen molar-refractivity contribution >= 4 is 40.5 Å². The molecule has 1 aromatic heterocycles. The molecular formula is C13H15Cl2N5O. The Morgan fingerprint density at radius 1 is 1.14 bits per heavy atom. The molecule has 0 spiro atoms. The van der Waals surface area contributed by atoms with Crippen molar-refractivity contribution in [3.63, 3.8) is 0 Å². The molecule has 4 N–H and O–H groups in total. The Morgan fingerprint density at radius 3 is 2.52 bits per heavy atom. The van der Waals surface area contributed by atoms with Crippen LogP contribution in [0.1, 0.15) is 11.4 Å². The minimum atomic E-state index is 0.270. The van der Waals surface area contributed by atoms with Crippen LogP contribution >= 0.6 is 23.2 Å². The van der Waals surface area contributed by atoms with Crippen LogP contribution in [0.15, 0.2) is 18.2 Å². The van der Waals surface area contributed by atoms with E-state index in [2.05, 4.69) is 20.7 Å². The molecule has 21 heavy (non-hydrogen) atoms. The van der Waals surface area contributed by atoms with E-state index in [1.54, 1.807) is 25.3 Å². The molecule has 0 atom stereocenters. The fraction of sp³-hybridized carbons (Fsp3) is 0.231. The summed E-state index contributed by atoms with van der Waals surface area (Å²) in [5, 5.41) is 4.26. The predicted molar refractivity (Wildman–Crippen MR) is 85.0 cm³/mol. The zero-order valence-electron chi connectivity index (χ0n) is 11.6. The summed E-state index contributed by atoms with van der Waals surface area (Å²) in [5.41, 5.74) is 4.03. The van der Waals surface area contributed by atoms with E-state index in [9.17, 15) is 0 Å². The molecule has 112 valence electrons. The SMILES string of the molecule is COCc1nc(NN)cc(Nc2cc(Cl)c(C)cc2Cl)n1. The second kappa shape index (κ2) is 6.91. The number of aryl methyl sites for hydroxylation is 1. The third-order valence-corrected chi connectivity index (χ3v) is 3.42. The van der Waals surface area contributed by atoms with Crippen LogP contribution in [0.2, 0.25) is 10.0 Å². The standard InChI is InChI=1S/C13H15Cl2N5O/c1-7-3-9(15)10(4-8(7)14)17-11-5-12(20-16)19-13(18-11)6-21-2/h3-5H,6,16H2,1-2H3,(H2,17,18,19,20). The highest BCUT2D eigenvalue weighted by atomic mass is 35.5. The Bertz CT molecular complexity index is 651. The van der Waals surface area contributed by atoms with E-state index in [0.29, 0.717) is 33.2 Å². The minimum absolute atomic E-state index is 0.270. The molecule has 0 amide bonds. The van der Waals surface area contributed by atoms with Gasteiger partial charge in [0, 0.05) is 18.2 Å². The normalized spacial score (nSPS) is 10.5. The molecule has 2 aromatic rings. The molecule has 0 fully saturated rings. The third-order valence-electron chi connectivity index (χ3n) is 2.70. The second-order valence-electron chi connectivity index (χ2n) is 4.34. The van der Waals surface area contributed by atoms with Crippen molar-refractivity contribution in [3.05, 3.63) is 39.6 Å². The fourth-order valence-corrected chi connectivity index (χ4v) is 2.14. The highest BCUT2D eigenvalue weighted by Crippen LogP contribution is 2.31. The maximum absolute atomic E-state index is 6.20. The van der Waals surface area contributed by atoms with Crippen molar-refractivity contribution in [2.45, 2.75) is 13.5 Å². The number of nitrogen functional groups attached to an aromatic ring is 1. The highest BCUT2D eigenvalue weighted by molar-refractivity contribution is 6.35. The molecule has 1 heterocycles. The number of hydrazine groups is 1. The fourth-order valence-electron chi connectivity index (χ4n) is 1.71. The number of hydrogen-bond acceptors (Lipinski definition) is 6. The molecule has 0 unspecified atom stereocenters. The average molecular weight is 328 g/mol. The molecule has 8 heteroatoms. The van der Waals surface area contributed by atoms with Crippen LogP contribution in [-0.2, 0) is 11.3 Å². The van der Waals surface area contributed by atoms with Gasteiger partial charge in [0.2, 0.25) is 0 Å². The van der Waals surface area contributed by atoms with Crippen molar-refractivity contribution in [3.8, 4) is 0 Å². The predicted octanol–water partition coefficient (Wildman–Crippen LogP) is 3.27. The Morgan fingerprint density at radius 2 is 1.86 bits per heavy atom. The number of rotatable bonds is 5. The van der Waals surface area contributed by atoms with Gasteiger partial charge in [-0.2, -0.15) is 0 Å². The molecule has 0 aliphatic rings. The van der Waals surface area contributed by atoms with Gasteiger partial charge in [-0.3, -0.25) is 0 Å². The second-order valence-corrected chi connectivity index (χ2v) is 5.15. The number of ether oxygens (including phenoxy) is 1. The summed E-state index contributed by atoms with van der Waals surface area (Å²) in [6, 6.07) is 5.18. The number of anilines is 3. The largest absolute Gasteiger partial charge is 0.377 e. The maximum Gasteiger partial charge on any atom is 0.158 e. The van der Waals surface area contributed by atoms with Crippen LogP contribution in [0, 0.1) is 6.92 Å². The molecule has 1 aromatic carbocycles. The van der Waals surface area contributed by atoms with Crippen molar-refractivity contribution in [1.82, 2.24) is 9.97 Å². The third kappa shape index (κ3) is 3.95. The minimum Gasteiger partial charge on any atom is -0.377 e. The van der Waals surface area contributed by atoms with Crippen LogP contribution in [-0.4, -0.2) is 17.1 Å². The summed E-state index contributed by atoms with van der Waals surface area (Å²) in [7, 11) is 1.57. The lowest BCUT2D eigenvalue weighted by Crippen LogP contribution is -2.12. The van der Waals surface area contributed by atoms with Gasteiger partial charge in [0.15, 0.2) is 5.82 Å². The molecule has 2 rings (SSSR count). The van der Waals surface area contributed by atoms with Gasteiger partial charge in [0.05, 0.1) is 10.7 Å². The first-order valence-electron chi connectivity index (χ1n) is 6.09. The smallest absolute Gasteiger partial charge is 0.158 e. The number of halogens is 2. The van der Waals surface area contributed by atoms with Gasteiger partial charge in [-0.05, 0) is 24.6 Å².